The van der Waals surface area contributed by atoms with Gasteiger partial charge < -0.3 is 10.8 Å². The minimum atomic E-state index is -0.756. The molecule has 1 heterocycles. The van der Waals surface area contributed by atoms with Crippen LogP contribution >= 0.6 is 0 Å². The number of nitrogens with zero attached hydrogens (tertiary/aromatic N) is 1. The summed E-state index contributed by atoms with van der Waals surface area (Å²) in [6.45, 7) is 0. The maximum Gasteiger partial charge on any atom is 0.303 e. The van der Waals surface area contributed by atoms with E-state index in [2.05, 4.69) is 6.07 Å². The molecule has 4 heteroatoms. The molecule has 116 valence electrons. The summed E-state index contributed by atoms with van der Waals surface area (Å²) >= 11 is 0. The standard InChI is InChI=1S/C18H22N2O2/c19-14(8-5-11-17(21)22)18-12-6-1-3-9-15(12)20-16-10-4-2-7-13(16)18/h1,3,6,9,14H,2,4-5,7-8,10-11,19H2,(H,21,22). The summed E-state index contributed by atoms with van der Waals surface area (Å²) in [5.41, 5.74) is 11.2. The molecule has 0 spiro atoms. The third kappa shape index (κ3) is 2.97. The zero-order chi connectivity index (χ0) is 15.5. The largest absolute Gasteiger partial charge is 0.481 e. The minimum Gasteiger partial charge on any atom is -0.481 e. The molecule has 0 saturated carbocycles. The van der Waals surface area contributed by atoms with Crippen molar-refractivity contribution in [1.29, 1.82) is 0 Å². The van der Waals surface area contributed by atoms with Crippen LogP contribution < -0.4 is 5.73 Å². The van der Waals surface area contributed by atoms with E-state index in [1.165, 1.54) is 29.7 Å². The minimum absolute atomic E-state index is 0.112. The summed E-state index contributed by atoms with van der Waals surface area (Å²) in [6, 6.07) is 8.04. The molecule has 3 N–H and O–H groups in total. The monoisotopic (exact) mass is 298 g/mol. The van der Waals surface area contributed by atoms with Gasteiger partial charge in [0.05, 0.1) is 5.52 Å². The van der Waals surface area contributed by atoms with E-state index in [1.54, 1.807) is 0 Å². The van der Waals surface area contributed by atoms with Gasteiger partial charge in [0.2, 0.25) is 0 Å². The Bertz CT molecular complexity index is 697. The number of hydrogen-bond acceptors (Lipinski definition) is 3. The molecule has 1 aliphatic rings. The van der Waals surface area contributed by atoms with Crippen molar-refractivity contribution in [2.45, 2.75) is 51.0 Å². The number of fused-ring (bicyclic) bond motifs is 2. The summed E-state index contributed by atoms with van der Waals surface area (Å²) in [7, 11) is 0. The predicted molar refractivity (Wildman–Crippen MR) is 86.8 cm³/mol. The Labute approximate surface area is 130 Å². The number of rotatable bonds is 5. The van der Waals surface area contributed by atoms with Gasteiger partial charge in [0.15, 0.2) is 0 Å². The number of carboxylic acid groups (broad SMARTS) is 1. The quantitative estimate of drug-likeness (QED) is 0.887. The van der Waals surface area contributed by atoms with Crippen LogP contribution in [0.1, 0.15) is 55.0 Å². The Hall–Kier alpha value is -1.94. The first-order valence-electron chi connectivity index (χ1n) is 8.04. The maximum absolute atomic E-state index is 10.7. The van der Waals surface area contributed by atoms with Gasteiger partial charge in [-0.3, -0.25) is 9.78 Å². The Kier molecular flexibility index (Phi) is 4.39. The van der Waals surface area contributed by atoms with Crippen LogP contribution in [0.3, 0.4) is 0 Å². The van der Waals surface area contributed by atoms with E-state index in [0.717, 1.165) is 23.7 Å². The van der Waals surface area contributed by atoms with Crippen molar-refractivity contribution in [2.24, 2.45) is 5.73 Å². The fraction of sp³-hybridized carbons (Fsp3) is 0.444. The molecule has 3 rings (SSSR count). The molecule has 0 amide bonds. The fourth-order valence-corrected chi connectivity index (χ4v) is 3.45. The lowest BCUT2D eigenvalue weighted by molar-refractivity contribution is -0.137. The van der Waals surface area contributed by atoms with Crippen LogP contribution in [0.15, 0.2) is 24.3 Å². The molecule has 0 aliphatic heterocycles. The molecular weight excluding hydrogens is 276 g/mol. The van der Waals surface area contributed by atoms with Crippen molar-refractivity contribution in [2.75, 3.05) is 0 Å². The van der Waals surface area contributed by atoms with Gasteiger partial charge in [0.25, 0.3) is 0 Å². The number of carbonyl (C=O) groups is 1. The van der Waals surface area contributed by atoms with Gasteiger partial charge in [0.1, 0.15) is 0 Å². The van der Waals surface area contributed by atoms with Crippen LogP contribution in [-0.4, -0.2) is 16.1 Å². The topological polar surface area (TPSA) is 76.2 Å². The van der Waals surface area contributed by atoms with Crippen LogP contribution in [0.2, 0.25) is 0 Å². The van der Waals surface area contributed by atoms with E-state index in [4.69, 9.17) is 15.8 Å². The number of hydrogen-bond donors (Lipinski definition) is 2. The molecule has 2 aromatic rings. The Morgan fingerprint density at radius 2 is 2.05 bits per heavy atom. The van der Waals surface area contributed by atoms with Gasteiger partial charge in [-0.05, 0) is 55.7 Å². The van der Waals surface area contributed by atoms with Crippen molar-refractivity contribution < 1.29 is 9.90 Å². The highest BCUT2D eigenvalue weighted by Crippen LogP contribution is 2.34. The third-order valence-corrected chi connectivity index (χ3v) is 4.49. The summed E-state index contributed by atoms with van der Waals surface area (Å²) in [5.74, 6) is -0.756. The highest BCUT2D eigenvalue weighted by atomic mass is 16.4. The fourth-order valence-electron chi connectivity index (χ4n) is 3.45. The Morgan fingerprint density at radius 3 is 2.86 bits per heavy atom. The van der Waals surface area contributed by atoms with Gasteiger partial charge in [-0.1, -0.05) is 18.2 Å². The van der Waals surface area contributed by atoms with E-state index in [0.29, 0.717) is 12.8 Å². The van der Waals surface area contributed by atoms with E-state index in [9.17, 15) is 4.79 Å². The van der Waals surface area contributed by atoms with Crippen molar-refractivity contribution in [3.05, 3.63) is 41.1 Å². The summed E-state index contributed by atoms with van der Waals surface area (Å²) in [5, 5.41) is 9.94. The van der Waals surface area contributed by atoms with Crippen molar-refractivity contribution in [1.82, 2.24) is 4.98 Å². The highest BCUT2D eigenvalue weighted by molar-refractivity contribution is 5.84. The van der Waals surface area contributed by atoms with E-state index in [-0.39, 0.29) is 12.5 Å². The number of para-hydroxylation sites is 1. The molecular formula is C18H22N2O2. The molecule has 4 nitrogen and oxygen atoms in total. The number of carboxylic acids is 1. The second-order valence-corrected chi connectivity index (χ2v) is 6.07. The number of aromatic nitrogens is 1. The predicted octanol–water partition coefficient (Wildman–Crippen LogP) is 3.37. The molecule has 1 aliphatic carbocycles. The lowest BCUT2D eigenvalue weighted by Gasteiger charge is -2.24. The molecule has 1 aromatic heterocycles. The van der Waals surface area contributed by atoms with Gasteiger partial charge >= 0.3 is 5.97 Å². The summed E-state index contributed by atoms with van der Waals surface area (Å²) in [6.07, 6.45) is 5.92. The van der Waals surface area contributed by atoms with Gasteiger partial charge in [-0.2, -0.15) is 0 Å². The normalized spacial score (nSPS) is 15.5. The molecule has 1 unspecified atom stereocenters. The van der Waals surface area contributed by atoms with Crippen LogP contribution in [0.4, 0.5) is 0 Å². The van der Waals surface area contributed by atoms with Crippen molar-refractivity contribution >= 4 is 16.9 Å². The lowest BCUT2D eigenvalue weighted by atomic mass is 9.85. The summed E-state index contributed by atoms with van der Waals surface area (Å²) < 4.78 is 0. The molecule has 1 atom stereocenters. The zero-order valence-corrected chi connectivity index (χ0v) is 12.7. The number of pyridine rings is 1. The molecule has 1 aromatic carbocycles. The molecule has 0 radical (unpaired) electrons. The third-order valence-electron chi connectivity index (χ3n) is 4.49. The second-order valence-electron chi connectivity index (χ2n) is 6.07. The van der Waals surface area contributed by atoms with Crippen LogP contribution in [0.5, 0.6) is 0 Å². The lowest BCUT2D eigenvalue weighted by Crippen LogP contribution is -2.18. The SMILES string of the molecule is NC(CCCC(=O)O)c1c2c(nc3ccccc13)CCCC2. The molecule has 22 heavy (non-hydrogen) atoms. The van der Waals surface area contributed by atoms with E-state index >= 15 is 0 Å². The van der Waals surface area contributed by atoms with E-state index < -0.39 is 5.97 Å². The Balaban J connectivity index is 2.00. The van der Waals surface area contributed by atoms with Gasteiger partial charge in [0, 0.05) is 23.5 Å². The number of aryl methyl sites for hydroxylation is 1. The van der Waals surface area contributed by atoms with Gasteiger partial charge in [-0.15, -0.1) is 0 Å². The second kappa shape index (κ2) is 6.44. The first kappa shape index (κ1) is 15.0. The maximum atomic E-state index is 10.7. The zero-order valence-electron chi connectivity index (χ0n) is 12.7. The number of nitrogens with two attached hydrogens (primary N) is 1. The van der Waals surface area contributed by atoms with Crippen LogP contribution in [0, 0.1) is 0 Å². The Morgan fingerprint density at radius 1 is 1.27 bits per heavy atom. The first-order chi connectivity index (χ1) is 10.7. The van der Waals surface area contributed by atoms with Gasteiger partial charge in [-0.25, -0.2) is 0 Å². The van der Waals surface area contributed by atoms with Crippen molar-refractivity contribution in [3.63, 3.8) is 0 Å². The average Bonchev–Trinajstić information content (AvgIpc) is 2.52. The smallest absolute Gasteiger partial charge is 0.303 e. The molecule has 0 fully saturated rings. The summed E-state index contributed by atoms with van der Waals surface area (Å²) in [4.78, 5) is 15.5. The molecule has 0 saturated heterocycles. The number of aliphatic carboxylic acids is 1. The van der Waals surface area contributed by atoms with Crippen LogP contribution in [0.25, 0.3) is 10.9 Å². The average molecular weight is 298 g/mol. The number of benzene rings is 1. The molecule has 0 bridgehead atoms. The highest BCUT2D eigenvalue weighted by Gasteiger charge is 2.21. The van der Waals surface area contributed by atoms with Crippen LogP contribution in [-0.2, 0) is 17.6 Å². The van der Waals surface area contributed by atoms with Crippen molar-refractivity contribution in [3.8, 4) is 0 Å². The van der Waals surface area contributed by atoms with E-state index in [1.807, 2.05) is 18.2 Å². The first-order valence-corrected chi connectivity index (χ1v) is 8.04.